The lowest BCUT2D eigenvalue weighted by atomic mass is 10.1. The SMILES string of the molecule is [2H]C1(O)CC([2H])([2H])N(C(=O)OC(C)(C)C)C([2H])([2H])C1. The van der Waals surface area contributed by atoms with Crippen molar-refractivity contribution in [1.82, 2.24) is 4.90 Å². The molecule has 0 atom stereocenters. The van der Waals surface area contributed by atoms with Crippen molar-refractivity contribution in [2.24, 2.45) is 0 Å². The summed E-state index contributed by atoms with van der Waals surface area (Å²) in [7, 11) is 0. The molecule has 4 heteroatoms. The van der Waals surface area contributed by atoms with E-state index in [1.165, 1.54) is 0 Å². The highest BCUT2D eigenvalue weighted by atomic mass is 16.6. The minimum Gasteiger partial charge on any atom is -0.444 e. The molecule has 0 spiro atoms. The van der Waals surface area contributed by atoms with E-state index < -0.39 is 43.6 Å². The molecule has 1 N–H and O–H groups in total. The number of piperidine rings is 1. The summed E-state index contributed by atoms with van der Waals surface area (Å²) in [6.07, 6.45) is -4.79. The first-order chi connectivity index (χ1) is 8.16. The predicted octanol–water partition coefficient (Wildman–Crippen LogP) is 1.38. The summed E-state index contributed by atoms with van der Waals surface area (Å²) in [5.41, 5.74) is -0.891. The van der Waals surface area contributed by atoms with Crippen LogP contribution >= 0.6 is 0 Å². The zero-order chi connectivity index (χ0) is 15.3. The van der Waals surface area contributed by atoms with E-state index in [0.717, 1.165) is 0 Å². The van der Waals surface area contributed by atoms with Crippen LogP contribution in [-0.4, -0.2) is 40.8 Å². The van der Waals surface area contributed by atoms with Gasteiger partial charge in [0.1, 0.15) is 5.60 Å². The van der Waals surface area contributed by atoms with E-state index >= 15 is 0 Å². The van der Waals surface area contributed by atoms with Crippen molar-refractivity contribution in [3.05, 3.63) is 0 Å². The second kappa shape index (κ2) is 4.17. The first-order valence-electron chi connectivity index (χ1n) is 6.92. The number of carbonyl (C=O) groups excluding carboxylic acids is 1. The molecule has 0 aliphatic carbocycles. The molecule has 14 heavy (non-hydrogen) atoms. The van der Waals surface area contributed by atoms with Gasteiger partial charge in [-0.05, 0) is 33.6 Å². The molecule has 82 valence electrons. The van der Waals surface area contributed by atoms with E-state index in [-0.39, 0.29) is 0 Å². The molecule has 0 aromatic rings. The van der Waals surface area contributed by atoms with Crippen LogP contribution < -0.4 is 0 Å². The highest BCUT2D eigenvalue weighted by molar-refractivity contribution is 5.68. The number of hydrogen-bond donors (Lipinski definition) is 1. The highest BCUT2D eigenvalue weighted by Gasteiger charge is 2.25. The topological polar surface area (TPSA) is 49.8 Å². The van der Waals surface area contributed by atoms with Crippen molar-refractivity contribution in [2.75, 3.05) is 13.0 Å². The molecule has 1 amide bonds. The van der Waals surface area contributed by atoms with E-state index in [4.69, 9.17) is 11.6 Å². The van der Waals surface area contributed by atoms with Crippen molar-refractivity contribution in [1.29, 1.82) is 0 Å². The Balaban J connectivity index is 3.07. The van der Waals surface area contributed by atoms with Gasteiger partial charge in [0.2, 0.25) is 0 Å². The Labute approximate surface area is 91.9 Å². The lowest BCUT2D eigenvalue weighted by Gasteiger charge is -2.31. The maximum absolute atomic E-state index is 11.9. The van der Waals surface area contributed by atoms with Gasteiger partial charge >= 0.3 is 6.09 Å². The molecule has 1 saturated heterocycles. The molecule has 1 aliphatic heterocycles. The fraction of sp³-hybridized carbons (Fsp3) is 0.900. The van der Waals surface area contributed by atoms with E-state index in [9.17, 15) is 9.90 Å². The Kier molecular flexibility index (Phi) is 1.77. The van der Waals surface area contributed by atoms with Crippen LogP contribution in [0.4, 0.5) is 4.79 Å². The fourth-order valence-electron chi connectivity index (χ4n) is 0.896. The van der Waals surface area contributed by atoms with Crippen LogP contribution in [0.25, 0.3) is 0 Å². The van der Waals surface area contributed by atoms with Crippen LogP contribution in [0.5, 0.6) is 0 Å². The number of amides is 1. The molecule has 0 aromatic carbocycles. The van der Waals surface area contributed by atoms with Crippen molar-refractivity contribution in [3.63, 3.8) is 0 Å². The Hall–Kier alpha value is -0.770. The third-order valence-corrected chi connectivity index (χ3v) is 1.46. The van der Waals surface area contributed by atoms with Gasteiger partial charge in [-0.15, -0.1) is 0 Å². The van der Waals surface area contributed by atoms with Gasteiger partial charge in [0.25, 0.3) is 0 Å². The number of rotatable bonds is 0. The van der Waals surface area contributed by atoms with Crippen LogP contribution in [0.3, 0.4) is 0 Å². The van der Waals surface area contributed by atoms with Gasteiger partial charge in [-0.3, -0.25) is 0 Å². The van der Waals surface area contributed by atoms with Crippen molar-refractivity contribution < 1.29 is 21.5 Å². The Morgan fingerprint density at radius 1 is 1.57 bits per heavy atom. The third-order valence-electron chi connectivity index (χ3n) is 1.46. The minimum absolute atomic E-state index is 0.328. The highest BCUT2D eigenvalue weighted by Crippen LogP contribution is 2.14. The number of hydrogen-bond acceptors (Lipinski definition) is 3. The second-order valence-electron chi connectivity index (χ2n) is 4.05. The second-order valence-corrected chi connectivity index (χ2v) is 4.05. The van der Waals surface area contributed by atoms with E-state index in [0.29, 0.717) is 4.90 Å². The summed E-state index contributed by atoms with van der Waals surface area (Å²) in [6.45, 7) is -0.246. The molecule has 1 rings (SSSR count). The zero-order valence-electron chi connectivity index (χ0n) is 13.6. The summed E-state index contributed by atoms with van der Waals surface area (Å²) in [5.74, 6) is 0. The maximum Gasteiger partial charge on any atom is 0.410 e. The van der Waals surface area contributed by atoms with Gasteiger partial charge in [0.15, 0.2) is 0 Å². The average Bonchev–Trinajstić information content (AvgIpc) is 1.87. The largest absolute Gasteiger partial charge is 0.444 e. The van der Waals surface area contributed by atoms with Gasteiger partial charge in [0, 0.05) is 18.5 Å². The summed E-state index contributed by atoms with van der Waals surface area (Å²) < 4.78 is 43.2. The summed E-state index contributed by atoms with van der Waals surface area (Å²) in [4.78, 5) is 12.3. The number of aliphatic hydroxyl groups is 1. The zero-order valence-corrected chi connectivity index (χ0v) is 8.63. The number of ether oxygens (including phenoxy) is 1. The van der Waals surface area contributed by atoms with Crippen LogP contribution in [0.15, 0.2) is 0 Å². The molecule has 0 saturated carbocycles. The van der Waals surface area contributed by atoms with Crippen LogP contribution in [0, 0.1) is 0 Å². The number of nitrogens with zero attached hydrogens (tertiary/aromatic N) is 1. The van der Waals surface area contributed by atoms with Crippen LogP contribution in [0.1, 0.15) is 40.5 Å². The molecule has 1 aliphatic rings. The Morgan fingerprint density at radius 3 is 2.50 bits per heavy atom. The molecule has 4 nitrogen and oxygen atoms in total. The normalized spacial score (nSPS) is 34.3. The Bertz CT molecular complexity index is 358. The van der Waals surface area contributed by atoms with Gasteiger partial charge in [-0.2, -0.15) is 0 Å². The fourth-order valence-corrected chi connectivity index (χ4v) is 0.896. The van der Waals surface area contributed by atoms with Crippen LogP contribution in [0.2, 0.25) is 0 Å². The van der Waals surface area contributed by atoms with Crippen molar-refractivity contribution in [3.8, 4) is 0 Å². The summed E-state index contributed by atoms with van der Waals surface area (Å²) in [6, 6.07) is 0. The summed E-state index contributed by atoms with van der Waals surface area (Å²) >= 11 is 0. The third kappa shape index (κ3) is 3.54. The monoisotopic (exact) mass is 206 g/mol. The van der Waals surface area contributed by atoms with Gasteiger partial charge in [0.05, 0.1) is 7.45 Å². The van der Waals surface area contributed by atoms with Crippen molar-refractivity contribution >= 4 is 6.09 Å². The maximum atomic E-state index is 11.9. The molecule has 0 bridgehead atoms. The first kappa shape index (κ1) is 5.95. The van der Waals surface area contributed by atoms with E-state index in [2.05, 4.69) is 0 Å². The number of carbonyl (C=O) groups is 1. The molecule has 1 heterocycles. The van der Waals surface area contributed by atoms with E-state index in [1.807, 2.05) is 0 Å². The van der Waals surface area contributed by atoms with Crippen LogP contribution in [-0.2, 0) is 4.74 Å². The Morgan fingerprint density at radius 2 is 2.07 bits per heavy atom. The number of likely N-dealkylation sites (tertiary alicyclic amines) is 1. The molecule has 0 radical (unpaired) electrons. The molecular weight excluding hydrogens is 182 g/mol. The molecule has 1 fully saturated rings. The predicted molar refractivity (Wildman–Crippen MR) is 53.0 cm³/mol. The van der Waals surface area contributed by atoms with Gasteiger partial charge < -0.3 is 14.7 Å². The lowest BCUT2D eigenvalue weighted by molar-refractivity contribution is 0.0101. The smallest absolute Gasteiger partial charge is 0.410 e. The first-order valence-corrected chi connectivity index (χ1v) is 4.42. The lowest BCUT2D eigenvalue weighted by Crippen LogP contribution is -2.42. The standard InChI is InChI=1S/C10H19NO3/c1-10(2,3)14-9(13)11-6-4-8(12)5-7-11/h8,12H,4-7H2,1-3H3/i6D2,7D2,8D. The summed E-state index contributed by atoms with van der Waals surface area (Å²) in [5, 5.41) is 9.59. The molecule has 0 unspecified atom stereocenters. The quantitative estimate of drug-likeness (QED) is 0.651. The molecular formula is C10H19NO3. The minimum atomic E-state index is -2.50. The van der Waals surface area contributed by atoms with Crippen molar-refractivity contribution in [2.45, 2.75) is 45.3 Å². The van der Waals surface area contributed by atoms with E-state index in [1.54, 1.807) is 20.8 Å². The molecule has 0 aromatic heterocycles. The van der Waals surface area contributed by atoms with Gasteiger partial charge in [-0.1, -0.05) is 0 Å². The average molecular weight is 206 g/mol. The van der Waals surface area contributed by atoms with Gasteiger partial charge in [-0.25, -0.2) is 4.79 Å².